The second kappa shape index (κ2) is 6.59. The Balaban J connectivity index is 1.49. The van der Waals surface area contributed by atoms with Crippen molar-refractivity contribution >= 4 is 5.91 Å². The topological polar surface area (TPSA) is 67.6 Å². The summed E-state index contributed by atoms with van der Waals surface area (Å²) in [6.07, 6.45) is 2.18. The number of amides is 1. The van der Waals surface area contributed by atoms with E-state index in [1.807, 2.05) is 0 Å². The van der Waals surface area contributed by atoms with Crippen molar-refractivity contribution in [2.75, 3.05) is 13.1 Å². The zero-order chi connectivity index (χ0) is 16.4. The van der Waals surface area contributed by atoms with Gasteiger partial charge in [-0.05, 0) is 37.8 Å². The van der Waals surface area contributed by atoms with Gasteiger partial charge in [0.25, 0.3) is 0 Å². The van der Waals surface area contributed by atoms with E-state index in [1.165, 1.54) is 5.56 Å². The number of hydrogen-bond acceptors (Lipinski definition) is 4. The van der Waals surface area contributed by atoms with Gasteiger partial charge in [-0.15, -0.1) is 0 Å². The van der Waals surface area contributed by atoms with Crippen molar-refractivity contribution in [3.63, 3.8) is 0 Å². The van der Waals surface area contributed by atoms with E-state index in [-0.39, 0.29) is 5.91 Å². The fraction of sp³-hybridized carbons (Fsp3) is 0.611. The molecule has 0 aromatic heterocycles. The highest BCUT2D eigenvalue weighted by atomic mass is 16.5. The molecule has 126 valence electrons. The molecule has 2 unspecified atom stereocenters. The van der Waals surface area contributed by atoms with Crippen molar-refractivity contribution < 1.29 is 9.53 Å². The smallest absolute Gasteiger partial charge is 0.240 e. The first-order chi connectivity index (χ1) is 10.9. The van der Waals surface area contributed by atoms with Crippen LogP contribution in [0.3, 0.4) is 0 Å². The standard InChI is InChI=1S/C18H27N3O2/c1-13-10-21(11-14(2)23-13)12-16-5-3-15(4-6-16)9-20-17(22)18(19)7-8-18/h3-6,13-14H,7-12,19H2,1-2H3,(H,20,22). The molecule has 2 fully saturated rings. The van der Waals surface area contributed by atoms with Crippen LogP contribution >= 0.6 is 0 Å². The number of nitrogens with two attached hydrogens (primary N) is 1. The summed E-state index contributed by atoms with van der Waals surface area (Å²) in [4.78, 5) is 14.3. The third-order valence-corrected chi connectivity index (χ3v) is 4.62. The van der Waals surface area contributed by atoms with Gasteiger partial charge in [-0.2, -0.15) is 0 Å². The lowest BCUT2D eigenvalue weighted by atomic mass is 10.1. The van der Waals surface area contributed by atoms with Crippen LogP contribution in [0.2, 0.25) is 0 Å². The molecule has 1 saturated heterocycles. The number of nitrogens with one attached hydrogen (secondary N) is 1. The van der Waals surface area contributed by atoms with Crippen LogP contribution < -0.4 is 11.1 Å². The fourth-order valence-electron chi connectivity index (χ4n) is 3.15. The Morgan fingerprint density at radius 1 is 1.22 bits per heavy atom. The lowest BCUT2D eigenvalue weighted by Crippen LogP contribution is -2.44. The van der Waals surface area contributed by atoms with Crippen molar-refractivity contribution in [2.45, 2.75) is 57.5 Å². The molecule has 23 heavy (non-hydrogen) atoms. The predicted molar refractivity (Wildman–Crippen MR) is 89.7 cm³/mol. The highest BCUT2D eigenvalue weighted by molar-refractivity contribution is 5.88. The third-order valence-electron chi connectivity index (χ3n) is 4.62. The van der Waals surface area contributed by atoms with Crippen LogP contribution in [0.5, 0.6) is 0 Å². The van der Waals surface area contributed by atoms with Crippen molar-refractivity contribution in [1.82, 2.24) is 10.2 Å². The molecule has 1 aliphatic heterocycles. The number of hydrogen-bond donors (Lipinski definition) is 2. The summed E-state index contributed by atoms with van der Waals surface area (Å²) in [5.74, 6) is -0.0298. The lowest BCUT2D eigenvalue weighted by Gasteiger charge is -2.35. The largest absolute Gasteiger partial charge is 0.373 e. The van der Waals surface area contributed by atoms with Crippen LogP contribution in [-0.2, 0) is 22.6 Å². The van der Waals surface area contributed by atoms with Crippen LogP contribution in [0.25, 0.3) is 0 Å². The van der Waals surface area contributed by atoms with Crippen LogP contribution in [0.15, 0.2) is 24.3 Å². The molecule has 1 aromatic carbocycles. The molecule has 0 radical (unpaired) electrons. The summed E-state index contributed by atoms with van der Waals surface area (Å²) in [7, 11) is 0. The van der Waals surface area contributed by atoms with E-state index in [2.05, 4.69) is 48.3 Å². The van der Waals surface area contributed by atoms with E-state index < -0.39 is 5.54 Å². The minimum atomic E-state index is -0.594. The Labute approximate surface area is 138 Å². The van der Waals surface area contributed by atoms with Gasteiger partial charge in [-0.1, -0.05) is 24.3 Å². The molecule has 3 N–H and O–H groups in total. The number of nitrogens with zero attached hydrogens (tertiary/aromatic N) is 1. The Morgan fingerprint density at radius 3 is 2.35 bits per heavy atom. The van der Waals surface area contributed by atoms with Gasteiger partial charge in [0.2, 0.25) is 5.91 Å². The van der Waals surface area contributed by atoms with Gasteiger partial charge < -0.3 is 15.8 Å². The summed E-state index contributed by atoms with van der Waals surface area (Å²) < 4.78 is 5.77. The van der Waals surface area contributed by atoms with E-state index in [1.54, 1.807) is 0 Å². The molecule has 3 rings (SSSR count). The van der Waals surface area contributed by atoms with Gasteiger partial charge in [-0.3, -0.25) is 9.69 Å². The Bertz CT molecular complexity index is 544. The summed E-state index contributed by atoms with van der Waals surface area (Å²) in [6.45, 7) is 7.68. The molecule has 1 aromatic rings. The summed E-state index contributed by atoms with van der Waals surface area (Å²) in [5.41, 5.74) is 7.68. The Kier molecular flexibility index (Phi) is 4.71. The van der Waals surface area contributed by atoms with Gasteiger partial charge in [0, 0.05) is 26.2 Å². The quantitative estimate of drug-likeness (QED) is 0.861. The van der Waals surface area contributed by atoms with Gasteiger partial charge >= 0.3 is 0 Å². The SMILES string of the molecule is CC1CN(Cc2ccc(CNC(=O)C3(N)CC3)cc2)CC(C)O1. The van der Waals surface area contributed by atoms with Crippen molar-refractivity contribution in [1.29, 1.82) is 0 Å². The van der Waals surface area contributed by atoms with E-state index in [0.29, 0.717) is 18.8 Å². The van der Waals surface area contributed by atoms with E-state index >= 15 is 0 Å². The normalized spacial score (nSPS) is 26.7. The molecule has 5 nitrogen and oxygen atoms in total. The number of carbonyl (C=O) groups excluding carboxylic acids is 1. The average Bonchev–Trinajstić information content (AvgIpc) is 3.24. The van der Waals surface area contributed by atoms with Gasteiger partial charge in [0.1, 0.15) is 0 Å². The molecule has 1 aliphatic carbocycles. The van der Waals surface area contributed by atoms with Crippen LogP contribution in [0, 0.1) is 0 Å². The van der Waals surface area contributed by atoms with Crippen molar-refractivity contribution in [2.24, 2.45) is 5.73 Å². The first-order valence-corrected chi connectivity index (χ1v) is 8.47. The number of ether oxygens (including phenoxy) is 1. The molecule has 0 bridgehead atoms. The van der Waals surface area contributed by atoms with Crippen LogP contribution in [0.1, 0.15) is 37.8 Å². The fourth-order valence-corrected chi connectivity index (χ4v) is 3.15. The predicted octanol–water partition coefficient (Wildman–Crippen LogP) is 1.40. The zero-order valence-corrected chi connectivity index (χ0v) is 14.0. The van der Waals surface area contributed by atoms with Gasteiger partial charge in [-0.25, -0.2) is 0 Å². The maximum absolute atomic E-state index is 11.8. The van der Waals surface area contributed by atoms with E-state index in [9.17, 15) is 4.79 Å². The lowest BCUT2D eigenvalue weighted by molar-refractivity contribution is -0.123. The Hall–Kier alpha value is -1.43. The molecule has 2 atom stereocenters. The monoisotopic (exact) mass is 317 g/mol. The molecular formula is C18H27N3O2. The second-order valence-electron chi connectivity index (χ2n) is 7.11. The first kappa shape index (κ1) is 16.4. The molecular weight excluding hydrogens is 290 g/mol. The van der Waals surface area contributed by atoms with Gasteiger partial charge in [0.05, 0.1) is 17.7 Å². The molecule has 0 spiro atoms. The maximum Gasteiger partial charge on any atom is 0.240 e. The summed E-state index contributed by atoms with van der Waals surface area (Å²) in [6, 6.07) is 8.45. The van der Waals surface area contributed by atoms with Gasteiger partial charge in [0.15, 0.2) is 0 Å². The zero-order valence-electron chi connectivity index (χ0n) is 14.0. The average molecular weight is 317 g/mol. The summed E-state index contributed by atoms with van der Waals surface area (Å²) in [5, 5.41) is 2.92. The molecule has 5 heteroatoms. The number of rotatable bonds is 5. The number of morpholine rings is 1. The molecule has 1 heterocycles. The third kappa shape index (κ3) is 4.31. The second-order valence-corrected chi connectivity index (χ2v) is 7.11. The minimum Gasteiger partial charge on any atom is -0.373 e. The van der Waals surface area contributed by atoms with Crippen LogP contribution in [-0.4, -0.2) is 41.6 Å². The first-order valence-electron chi connectivity index (χ1n) is 8.47. The summed E-state index contributed by atoms with van der Waals surface area (Å²) >= 11 is 0. The maximum atomic E-state index is 11.8. The van der Waals surface area contributed by atoms with Crippen molar-refractivity contribution in [3.8, 4) is 0 Å². The van der Waals surface area contributed by atoms with E-state index in [0.717, 1.165) is 38.0 Å². The molecule has 2 aliphatic rings. The number of benzene rings is 1. The minimum absolute atomic E-state index is 0.0298. The molecule has 1 saturated carbocycles. The van der Waals surface area contributed by atoms with E-state index in [4.69, 9.17) is 10.5 Å². The van der Waals surface area contributed by atoms with Crippen molar-refractivity contribution in [3.05, 3.63) is 35.4 Å². The number of carbonyl (C=O) groups is 1. The highest BCUT2D eigenvalue weighted by Gasteiger charge is 2.45. The molecule has 1 amide bonds. The van der Waals surface area contributed by atoms with Crippen LogP contribution in [0.4, 0.5) is 0 Å². The highest BCUT2D eigenvalue weighted by Crippen LogP contribution is 2.32. The Morgan fingerprint density at radius 2 is 1.78 bits per heavy atom.